The molecule has 106 valence electrons. The van der Waals surface area contributed by atoms with Gasteiger partial charge in [-0.3, -0.25) is 4.90 Å². The second-order valence-corrected chi connectivity index (χ2v) is 5.87. The maximum Gasteiger partial charge on any atom is 0.118 e. The fraction of sp³-hybridized carbons (Fsp3) is 0.625. The zero-order chi connectivity index (χ0) is 13.8. The summed E-state index contributed by atoms with van der Waals surface area (Å²) in [4.78, 5) is 2.51. The van der Waals surface area contributed by atoms with Crippen molar-refractivity contribution in [3.63, 3.8) is 0 Å². The lowest BCUT2D eigenvalue weighted by molar-refractivity contribution is 0.200. The number of nitrogens with zero attached hydrogens (tertiary/aromatic N) is 1. The quantitative estimate of drug-likeness (QED) is 0.821. The number of nitrogens with two attached hydrogens (primary N) is 1. The van der Waals surface area contributed by atoms with Gasteiger partial charge in [-0.25, -0.2) is 0 Å². The summed E-state index contributed by atoms with van der Waals surface area (Å²) in [5.74, 6) is 1.79. The maximum absolute atomic E-state index is 6.34. The first kappa shape index (κ1) is 14.4. The molecule has 0 bridgehead atoms. The molecule has 0 spiro atoms. The summed E-state index contributed by atoms with van der Waals surface area (Å²) in [5.41, 5.74) is 7.52. The lowest BCUT2D eigenvalue weighted by Crippen LogP contribution is -2.38. The van der Waals surface area contributed by atoms with Gasteiger partial charge in [-0.05, 0) is 50.3 Å². The molecular formula is C16H26N2O. The minimum absolute atomic E-state index is 0.0760. The Morgan fingerprint density at radius 3 is 2.37 bits per heavy atom. The first-order valence-corrected chi connectivity index (χ1v) is 7.23. The predicted molar refractivity (Wildman–Crippen MR) is 79.4 cm³/mol. The van der Waals surface area contributed by atoms with Gasteiger partial charge in [0.2, 0.25) is 0 Å². The molecule has 2 rings (SSSR count). The van der Waals surface area contributed by atoms with E-state index in [9.17, 15) is 0 Å². The Bertz CT molecular complexity index is 384. The molecule has 1 fully saturated rings. The van der Waals surface area contributed by atoms with E-state index in [0.29, 0.717) is 6.04 Å². The molecule has 0 radical (unpaired) electrons. The molecule has 1 aliphatic rings. The Kier molecular flexibility index (Phi) is 4.83. The molecule has 1 aromatic carbocycles. The van der Waals surface area contributed by atoms with Crippen LogP contribution in [-0.4, -0.2) is 31.1 Å². The van der Waals surface area contributed by atoms with Gasteiger partial charge < -0.3 is 10.5 Å². The summed E-state index contributed by atoms with van der Waals surface area (Å²) in [5, 5.41) is 0. The highest BCUT2D eigenvalue weighted by Gasteiger charge is 2.26. The minimum Gasteiger partial charge on any atom is -0.497 e. The zero-order valence-corrected chi connectivity index (χ0v) is 12.3. The van der Waals surface area contributed by atoms with Crippen molar-refractivity contribution in [2.45, 2.75) is 38.8 Å². The van der Waals surface area contributed by atoms with Gasteiger partial charge in [0.25, 0.3) is 0 Å². The van der Waals surface area contributed by atoms with Gasteiger partial charge in [0, 0.05) is 25.2 Å². The summed E-state index contributed by atoms with van der Waals surface area (Å²) in [6.07, 6.45) is 2.78. The zero-order valence-electron chi connectivity index (χ0n) is 12.3. The van der Waals surface area contributed by atoms with Crippen molar-refractivity contribution >= 4 is 0 Å². The Labute approximate surface area is 116 Å². The average molecular weight is 262 g/mol. The number of methoxy groups -OCH3 is 1. The molecular weight excluding hydrogens is 236 g/mol. The lowest BCUT2D eigenvalue weighted by Gasteiger charge is -2.29. The molecule has 0 aliphatic heterocycles. The highest BCUT2D eigenvalue weighted by atomic mass is 16.5. The first-order valence-electron chi connectivity index (χ1n) is 7.23. The smallest absolute Gasteiger partial charge is 0.118 e. The van der Waals surface area contributed by atoms with Crippen LogP contribution in [0.25, 0.3) is 0 Å². The summed E-state index contributed by atoms with van der Waals surface area (Å²) >= 11 is 0. The number of ether oxygens (including phenoxy) is 1. The van der Waals surface area contributed by atoms with Gasteiger partial charge in [-0.1, -0.05) is 12.1 Å². The molecule has 0 amide bonds. The molecule has 1 atom stereocenters. The molecule has 3 heteroatoms. The second-order valence-electron chi connectivity index (χ2n) is 5.87. The Balaban J connectivity index is 1.94. The molecule has 3 nitrogen and oxygen atoms in total. The normalized spacial score (nSPS) is 16.9. The Morgan fingerprint density at radius 2 is 1.89 bits per heavy atom. The third-order valence-electron chi connectivity index (χ3n) is 3.90. The van der Waals surface area contributed by atoms with Gasteiger partial charge in [0.05, 0.1) is 7.11 Å². The number of rotatable bonds is 7. The lowest BCUT2D eigenvalue weighted by atomic mass is 10.1. The minimum atomic E-state index is 0.0760. The van der Waals surface area contributed by atoms with Crippen molar-refractivity contribution in [1.82, 2.24) is 4.90 Å². The van der Waals surface area contributed by atoms with E-state index in [4.69, 9.17) is 10.5 Å². The van der Waals surface area contributed by atoms with Crippen LogP contribution < -0.4 is 10.5 Å². The highest BCUT2D eigenvalue weighted by molar-refractivity contribution is 5.29. The molecule has 1 aliphatic carbocycles. The predicted octanol–water partition coefficient (Wildman–Crippen LogP) is 2.82. The van der Waals surface area contributed by atoms with Gasteiger partial charge in [-0.2, -0.15) is 0 Å². The average Bonchev–Trinajstić information content (AvgIpc) is 3.22. The third-order valence-corrected chi connectivity index (χ3v) is 3.90. The van der Waals surface area contributed by atoms with Crippen LogP contribution in [0.1, 0.15) is 38.3 Å². The third kappa shape index (κ3) is 4.22. The Morgan fingerprint density at radius 1 is 1.26 bits per heavy atom. The van der Waals surface area contributed by atoms with Crippen molar-refractivity contribution < 1.29 is 4.74 Å². The van der Waals surface area contributed by atoms with Crippen molar-refractivity contribution in [2.24, 2.45) is 11.7 Å². The van der Waals surface area contributed by atoms with E-state index >= 15 is 0 Å². The van der Waals surface area contributed by atoms with Gasteiger partial charge in [0.15, 0.2) is 0 Å². The van der Waals surface area contributed by atoms with Gasteiger partial charge in [0.1, 0.15) is 5.75 Å². The molecule has 2 N–H and O–H groups in total. The van der Waals surface area contributed by atoms with E-state index < -0.39 is 0 Å². The summed E-state index contributed by atoms with van der Waals surface area (Å²) in [7, 11) is 1.69. The second kappa shape index (κ2) is 6.40. The van der Waals surface area contributed by atoms with Crippen molar-refractivity contribution in [1.29, 1.82) is 0 Å². The molecule has 19 heavy (non-hydrogen) atoms. The standard InChI is InChI=1S/C16H26N2O/c1-12(2)18(10-13-4-5-13)11-16(17)14-6-8-15(19-3)9-7-14/h6-9,12-13,16H,4-5,10-11,17H2,1-3H3. The van der Waals surface area contributed by atoms with Crippen LogP contribution in [0.15, 0.2) is 24.3 Å². The van der Waals surface area contributed by atoms with Crippen LogP contribution in [-0.2, 0) is 0 Å². The number of hydrogen-bond donors (Lipinski definition) is 1. The number of hydrogen-bond acceptors (Lipinski definition) is 3. The van der Waals surface area contributed by atoms with E-state index in [0.717, 1.165) is 18.2 Å². The van der Waals surface area contributed by atoms with Crippen molar-refractivity contribution in [3.05, 3.63) is 29.8 Å². The van der Waals surface area contributed by atoms with Crippen LogP contribution in [0.2, 0.25) is 0 Å². The molecule has 1 unspecified atom stereocenters. The van der Waals surface area contributed by atoms with Crippen LogP contribution in [0.4, 0.5) is 0 Å². The van der Waals surface area contributed by atoms with Crippen molar-refractivity contribution in [2.75, 3.05) is 20.2 Å². The molecule has 0 heterocycles. The Hall–Kier alpha value is -1.06. The SMILES string of the molecule is COc1ccc(C(N)CN(CC2CC2)C(C)C)cc1. The topological polar surface area (TPSA) is 38.5 Å². The van der Waals surface area contributed by atoms with E-state index in [1.165, 1.54) is 24.9 Å². The van der Waals surface area contributed by atoms with Gasteiger partial charge >= 0.3 is 0 Å². The van der Waals surface area contributed by atoms with Crippen LogP contribution in [0.3, 0.4) is 0 Å². The molecule has 0 aromatic heterocycles. The van der Waals surface area contributed by atoms with E-state index in [-0.39, 0.29) is 6.04 Å². The van der Waals surface area contributed by atoms with E-state index in [1.807, 2.05) is 12.1 Å². The fourth-order valence-electron chi connectivity index (χ4n) is 2.34. The fourth-order valence-corrected chi connectivity index (χ4v) is 2.34. The monoisotopic (exact) mass is 262 g/mol. The van der Waals surface area contributed by atoms with E-state index in [1.54, 1.807) is 7.11 Å². The van der Waals surface area contributed by atoms with E-state index in [2.05, 4.69) is 30.9 Å². The summed E-state index contributed by atoms with van der Waals surface area (Å²) in [6.45, 7) is 6.63. The first-order chi connectivity index (χ1) is 9.10. The van der Waals surface area contributed by atoms with Crippen LogP contribution in [0, 0.1) is 5.92 Å². The largest absolute Gasteiger partial charge is 0.497 e. The number of benzene rings is 1. The molecule has 1 saturated carbocycles. The van der Waals surface area contributed by atoms with Crippen molar-refractivity contribution in [3.8, 4) is 5.75 Å². The van der Waals surface area contributed by atoms with Gasteiger partial charge in [-0.15, -0.1) is 0 Å². The highest BCUT2D eigenvalue weighted by Crippen LogP contribution is 2.30. The maximum atomic E-state index is 6.34. The summed E-state index contributed by atoms with van der Waals surface area (Å²) < 4.78 is 5.18. The molecule has 1 aromatic rings. The summed E-state index contributed by atoms with van der Waals surface area (Å²) in [6, 6.07) is 8.74. The van der Waals surface area contributed by atoms with Crippen LogP contribution >= 0.6 is 0 Å². The van der Waals surface area contributed by atoms with Crippen LogP contribution in [0.5, 0.6) is 5.75 Å². The molecule has 0 saturated heterocycles.